The maximum absolute atomic E-state index is 12.6. The smallest absolute Gasteiger partial charge is 0.310 e. The quantitative estimate of drug-likeness (QED) is 0.479. The van der Waals surface area contributed by atoms with E-state index in [9.17, 15) is 23.3 Å². The van der Waals surface area contributed by atoms with Gasteiger partial charge in [0.25, 0.3) is 5.91 Å². The summed E-state index contributed by atoms with van der Waals surface area (Å²) in [5, 5.41) is 13.7. The molecule has 11 heteroatoms. The molecule has 1 fully saturated rings. The minimum atomic E-state index is -3.57. The van der Waals surface area contributed by atoms with E-state index < -0.39 is 20.9 Å². The van der Waals surface area contributed by atoms with Crippen molar-refractivity contribution in [1.82, 2.24) is 9.62 Å². The molecular formula is C20H23N3O7S. The third-order valence-corrected chi connectivity index (χ3v) is 6.60. The molecule has 0 spiro atoms. The number of nitrogens with one attached hydrogen (secondary N) is 1. The minimum absolute atomic E-state index is 0.0258. The summed E-state index contributed by atoms with van der Waals surface area (Å²) in [6.45, 7) is 2.93. The number of benzene rings is 2. The number of amides is 1. The van der Waals surface area contributed by atoms with Crippen molar-refractivity contribution in [2.75, 3.05) is 32.9 Å². The first-order valence-electron chi connectivity index (χ1n) is 9.59. The van der Waals surface area contributed by atoms with Crippen LogP contribution in [0.4, 0.5) is 5.69 Å². The van der Waals surface area contributed by atoms with Gasteiger partial charge in [0.15, 0.2) is 12.4 Å². The molecule has 2 aromatic rings. The van der Waals surface area contributed by atoms with Gasteiger partial charge in [-0.15, -0.1) is 0 Å². The van der Waals surface area contributed by atoms with Crippen LogP contribution in [-0.2, 0) is 26.1 Å². The SMILES string of the molecule is Cc1ccc([N+](=O)[O-])c(OCC(=O)NCc2ccc(S(=O)(=O)N3CCOCC3)cc2)c1. The summed E-state index contributed by atoms with van der Waals surface area (Å²) < 4.78 is 37.1. The van der Waals surface area contributed by atoms with Crippen LogP contribution in [0.3, 0.4) is 0 Å². The highest BCUT2D eigenvalue weighted by atomic mass is 32.2. The van der Waals surface area contributed by atoms with Gasteiger partial charge in [-0.2, -0.15) is 4.31 Å². The molecule has 0 aromatic heterocycles. The monoisotopic (exact) mass is 449 g/mol. The predicted molar refractivity (Wildman–Crippen MR) is 111 cm³/mol. The highest BCUT2D eigenvalue weighted by Crippen LogP contribution is 2.27. The van der Waals surface area contributed by atoms with Crippen molar-refractivity contribution in [3.63, 3.8) is 0 Å². The van der Waals surface area contributed by atoms with E-state index in [4.69, 9.17) is 9.47 Å². The molecule has 1 aliphatic rings. The van der Waals surface area contributed by atoms with Gasteiger partial charge < -0.3 is 14.8 Å². The maximum atomic E-state index is 12.6. The van der Waals surface area contributed by atoms with E-state index in [1.165, 1.54) is 28.6 Å². The van der Waals surface area contributed by atoms with Crippen molar-refractivity contribution in [3.05, 3.63) is 63.7 Å². The zero-order valence-corrected chi connectivity index (χ0v) is 17.8. The lowest BCUT2D eigenvalue weighted by Gasteiger charge is -2.26. The van der Waals surface area contributed by atoms with Crippen LogP contribution in [0.1, 0.15) is 11.1 Å². The second-order valence-corrected chi connectivity index (χ2v) is 8.89. The number of hydrogen-bond acceptors (Lipinski definition) is 7. The van der Waals surface area contributed by atoms with E-state index in [0.29, 0.717) is 31.9 Å². The fraction of sp³-hybridized carbons (Fsp3) is 0.350. The number of sulfonamides is 1. The van der Waals surface area contributed by atoms with Crippen LogP contribution in [0.15, 0.2) is 47.4 Å². The van der Waals surface area contributed by atoms with E-state index in [1.54, 1.807) is 25.1 Å². The van der Waals surface area contributed by atoms with Crippen molar-refractivity contribution in [2.45, 2.75) is 18.4 Å². The van der Waals surface area contributed by atoms with Crippen LogP contribution in [0.5, 0.6) is 5.75 Å². The van der Waals surface area contributed by atoms with E-state index in [1.807, 2.05) is 0 Å². The average molecular weight is 449 g/mol. The number of nitro groups is 1. The molecule has 0 radical (unpaired) electrons. The van der Waals surface area contributed by atoms with Gasteiger partial charge in [0, 0.05) is 25.7 Å². The van der Waals surface area contributed by atoms with Gasteiger partial charge in [-0.1, -0.05) is 18.2 Å². The Morgan fingerprint density at radius 2 is 1.87 bits per heavy atom. The largest absolute Gasteiger partial charge is 0.477 e. The molecule has 0 atom stereocenters. The van der Waals surface area contributed by atoms with Gasteiger partial charge in [-0.3, -0.25) is 14.9 Å². The molecule has 0 bridgehead atoms. The van der Waals surface area contributed by atoms with Gasteiger partial charge >= 0.3 is 5.69 Å². The number of aryl methyl sites for hydroxylation is 1. The Balaban J connectivity index is 1.54. The third kappa shape index (κ3) is 5.78. The highest BCUT2D eigenvalue weighted by molar-refractivity contribution is 7.89. The molecule has 1 amide bonds. The molecular weight excluding hydrogens is 426 g/mol. The summed E-state index contributed by atoms with van der Waals surface area (Å²) >= 11 is 0. The number of nitrogens with zero attached hydrogens (tertiary/aromatic N) is 2. The Kier molecular flexibility index (Phi) is 7.21. The number of nitro benzene ring substituents is 1. The Morgan fingerprint density at radius 1 is 1.19 bits per heavy atom. The molecule has 1 N–H and O–H groups in total. The zero-order chi connectivity index (χ0) is 22.4. The Bertz CT molecular complexity index is 1050. The molecule has 166 valence electrons. The van der Waals surface area contributed by atoms with Crippen LogP contribution in [0.25, 0.3) is 0 Å². The first kappa shape index (κ1) is 22.7. The van der Waals surface area contributed by atoms with Crippen LogP contribution < -0.4 is 10.1 Å². The molecule has 31 heavy (non-hydrogen) atoms. The first-order chi connectivity index (χ1) is 14.8. The van der Waals surface area contributed by atoms with Crippen molar-refractivity contribution in [2.24, 2.45) is 0 Å². The van der Waals surface area contributed by atoms with Crippen molar-refractivity contribution in [3.8, 4) is 5.75 Å². The highest BCUT2D eigenvalue weighted by Gasteiger charge is 2.26. The van der Waals surface area contributed by atoms with E-state index in [2.05, 4.69) is 5.32 Å². The van der Waals surface area contributed by atoms with E-state index in [0.717, 1.165) is 5.56 Å². The van der Waals surface area contributed by atoms with Gasteiger partial charge in [-0.05, 0) is 36.2 Å². The lowest BCUT2D eigenvalue weighted by atomic mass is 10.2. The summed E-state index contributed by atoms with van der Waals surface area (Å²) in [5.74, 6) is -0.432. The fourth-order valence-electron chi connectivity index (χ4n) is 3.00. The Morgan fingerprint density at radius 3 is 2.52 bits per heavy atom. The molecule has 3 rings (SSSR count). The third-order valence-electron chi connectivity index (χ3n) is 4.69. The standard InChI is InChI=1S/C20H23N3O7S/c1-15-2-7-18(23(25)26)19(12-15)30-14-20(24)21-13-16-3-5-17(6-4-16)31(27,28)22-8-10-29-11-9-22/h2-7,12H,8-11,13-14H2,1H3,(H,21,24). The fourth-order valence-corrected chi connectivity index (χ4v) is 4.41. The lowest BCUT2D eigenvalue weighted by Crippen LogP contribution is -2.40. The van der Waals surface area contributed by atoms with Crippen molar-refractivity contribution in [1.29, 1.82) is 0 Å². The number of rotatable bonds is 8. The summed E-state index contributed by atoms with van der Waals surface area (Å²) in [7, 11) is -3.57. The Labute approximate surface area is 180 Å². The molecule has 0 unspecified atom stereocenters. The van der Waals surface area contributed by atoms with Gasteiger partial charge in [0.2, 0.25) is 10.0 Å². The molecule has 2 aromatic carbocycles. The van der Waals surface area contributed by atoms with Crippen LogP contribution in [-0.4, -0.2) is 56.5 Å². The zero-order valence-electron chi connectivity index (χ0n) is 16.9. The topological polar surface area (TPSA) is 128 Å². The molecule has 0 aliphatic carbocycles. The normalized spacial score (nSPS) is 14.7. The number of hydrogen-bond donors (Lipinski definition) is 1. The molecule has 1 aliphatic heterocycles. The predicted octanol–water partition coefficient (Wildman–Crippen LogP) is 1.62. The van der Waals surface area contributed by atoms with Gasteiger partial charge in [0.1, 0.15) is 0 Å². The number of morpholine rings is 1. The number of ether oxygens (including phenoxy) is 2. The molecule has 1 heterocycles. The molecule has 1 saturated heterocycles. The van der Waals surface area contributed by atoms with E-state index in [-0.39, 0.29) is 29.5 Å². The van der Waals surface area contributed by atoms with Crippen molar-refractivity contribution < 1.29 is 27.6 Å². The van der Waals surface area contributed by atoms with Crippen molar-refractivity contribution >= 4 is 21.6 Å². The minimum Gasteiger partial charge on any atom is -0.477 e. The van der Waals surface area contributed by atoms with Crippen LogP contribution >= 0.6 is 0 Å². The molecule has 0 saturated carbocycles. The lowest BCUT2D eigenvalue weighted by molar-refractivity contribution is -0.385. The summed E-state index contributed by atoms with van der Waals surface area (Å²) in [6.07, 6.45) is 0. The first-order valence-corrected chi connectivity index (χ1v) is 11.0. The molecule has 10 nitrogen and oxygen atoms in total. The van der Waals surface area contributed by atoms with Crippen LogP contribution in [0.2, 0.25) is 0 Å². The summed E-state index contributed by atoms with van der Waals surface area (Å²) in [4.78, 5) is 22.7. The van der Waals surface area contributed by atoms with Crippen LogP contribution in [0, 0.1) is 17.0 Å². The second kappa shape index (κ2) is 9.86. The van der Waals surface area contributed by atoms with Gasteiger partial charge in [-0.25, -0.2) is 8.42 Å². The van der Waals surface area contributed by atoms with E-state index >= 15 is 0 Å². The second-order valence-electron chi connectivity index (χ2n) is 6.95. The maximum Gasteiger partial charge on any atom is 0.310 e. The van der Waals surface area contributed by atoms with Gasteiger partial charge in [0.05, 0.1) is 23.0 Å². The summed E-state index contributed by atoms with van der Waals surface area (Å²) in [5.41, 5.74) is 1.26. The average Bonchev–Trinajstić information content (AvgIpc) is 2.77. The summed E-state index contributed by atoms with van der Waals surface area (Å²) in [6, 6.07) is 10.7. The number of carbonyl (C=O) groups excluding carboxylic acids is 1. The Hall–Kier alpha value is -3.02. The number of carbonyl (C=O) groups is 1.